The third-order valence-corrected chi connectivity index (χ3v) is 4.88. The highest BCUT2D eigenvalue weighted by Gasteiger charge is 2.29. The summed E-state index contributed by atoms with van der Waals surface area (Å²) < 4.78 is 31.4. The van der Waals surface area contributed by atoms with Gasteiger partial charge in [0.2, 0.25) is 5.91 Å². The van der Waals surface area contributed by atoms with Gasteiger partial charge in [0.05, 0.1) is 17.7 Å². The second-order valence-electron chi connectivity index (χ2n) is 4.53. The number of methoxy groups -OCH3 is 1. The average Bonchev–Trinajstić information content (AvgIpc) is 2.56. The Hall–Kier alpha value is -2.34. The van der Waals surface area contributed by atoms with Crippen molar-refractivity contribution in [2.24, 2.45) is 0 Å². The molecule has 2 aromatic carbocycles. The van der Waals surface area contributed by atoms with E-state index < -0.39 is 15.9 Å². The summed E-state index contributed by atoms with van der Waals surface area (Å²) in [5.74, 6) is 0.0961. The van der Waals surface area contributed by atoms with E-state index in [1.165, 1.54) is 19.2 Å². The van der Waals surface area contributed by atoms with Gasteiger partial charge in [-0.2, -0.15) is 0 Å². The van der Waals surface area contributed by atoms with E-state index in [-0.39, 0.29) is 17.0 Å². The van der Waals surface area contributed by atoms with Gasteiger partial charge in [-0.25, -0.2) is 12.7 Å². The van der Waals surface area contributed by atoms with Crippen molar-refractivity contribution in [3.05, 3.63) is 54.6 Å². The molecule has 0 atom stereocenters. The maximum atomic E-state index is 12.8. The zero-order chi connectivity index (χ0) is 16.2. The number of rotatable bonds is 5. The first-order valence-electron chi connectivity index (χ1n) is 6.78. The number of carbonyl (C=O) groups is 1. The molecular formula is C16H17NO4S. The summed E-state index contributed by atoms with van der Waals surface area (Å²) in [6, 6.07) is 14.2. The number of benzene rings is 2. The lowest BCUT2D eigenvalue weighted by molar-refractivity contribution is -0.117. The molecule has 0 fully saturated rings. The molecule has 0 N–H and O–H groups in total. The minimum atomic E-state index is -3.94. The van der Waals surface area contributed by atoms with Gasteiger partial charge in [0.15, 0.2) is 0 Å². The van der Waals surface area contributed by atoms with Gasteiger partial charge < -0.3 is 4.74 Å². The molecule has 0 unspecified atom stereocenters. The van der Waals surface area contributed by atoms with Crippen molar-refractivity contribution < 1.29 is 17.9 Å². The molecule has 0 saturated heterocycles. The monoisotopic (exact) mass is 319 g/mol. The molecule has 2 rings (SSSR count). The molecule has 0 bridgehead atoms. The van der Waals surface area contributed by atoms with Crippen molar-refractivity contribution in [1.29, 1.82) is 0 Å². The third-order valence-electron chi connectivity index (χ3n) is 3.12. The number of amides is 1. The molecule has 0 aliphatic rings. The molecule has 0 saturated carbocycles. The van der Waals surface area contributed by atoms with E-state index in [2.05, 4.69) is 0 Å². The van der Waals surface area contributed by atoms with Crippen LogP contribution in [0.4, 0.5) is 5.69 Å². The first-order valence-corrected chi connectivity index (χ1v) is 8.22. The van der Waals surface area contributed by atoms with Crippen LogP contribution in [-0.4, -0.2) is 21.4 Å². The van der Waals surface area contributed by atoms with Crippen LogP contribution in [0.15, 0.2) is 59.5 Å². The fraction of sp³-hybridized carbons (Fsp3) is 0.188. The lowest BCUT2D eigenvalue weighted by atomic mass is 10.3. The van der Waals surface area contributed by atoms with E-state index in [9.17, 15) is 13.2 Å². The van der Waals surface area contributed by atoms with E-state index in [4.69, 9.17) is 4.74 Å². The van der Waals surface area contributed by atoms with Crippen LogP contribution in [0.3, 0.4) is 0 Å². The Bertz CT molecular complexity index is 739. The zero-order valence-electron chi connectivity index (χ0n) is 12.4. The molecule has 0 aromatic heterocycles. The number of hydrogen-bond acceptors (Lipinski definition) is 4. The second-order valence-corrected chi connectivity index (χ2v) is 6.31. The number of anilines is 1. The normalized spacial score (nSPS) is 11.0. The number of carbonyl (C=O) groups excluding carboxylic acids is 1. The van der Waals surface area contributed by atoms with E-state index in [1.54, 1.807) is 49.4 Å². The molecule has 0 heterocycles. The fourth-order valence-electron chi connectivity index (χ4n) is 1.98. The van der Waals surface area contributed by atoms with Crippen LogP contribution in [-0.2, 0) is 14.8 Å². The van der Waals surface area contributed by atoms with Crippen LogP contribution < -0.4 is 9.04 Å². The lowest BCUT2D eigenvalue weighted by Crippen LogP contribution is -2.36. The molecular weight excluding hydrogens is 302 g/mol. The predicted molar refractivity (Wildman–Crippen MR) is 84.4 cm³/mol. The largest absolute Gasteiger partial charge is 0.497 e. The number of ether oxygens (including phenoxy) is 1. The molecule has 0 radical (unpaired) electrons. The number of sulfonamides is 1. The summed E-state index contributed by atoms with van der Waals surface area (Å²) in [4.78, 5) is 12.3. The molecule has 1 amide bonds. The molecule has 6 heteroatoms. The first kappa shape index (κ1) is 16.0. The summed E-state index contributed by atoms with van der Waals surface area (Å²) in [5.41, 5.74) is 0.288. The maximum Gasteiger partial charge on any atom is 0.270 e. The second kappa shape index (κ2) is 6.62. The summed E-state index contributed by atoms with van der Waals surface area (Å²) in [6.07, 6.45) is 0.0814. The number of nitrogens with zero attached hydrogens (tertiary/aromatic N) is 1. The highest BCUT2D eigenvalue weighted by Crippen LogP contribution is 2.26. The molecule has 116 valence electrons. The van der Waals surface area contributed by atoms with Crippen LogP contribution in [0.25, 0.3) is 0 Å². The van der Waals surface area contributed by atoms with Gasteiger partial charge in [-0.3, -0.25) is 4.79 Å². The van der Waals surface area contributed by atoms with Crippen LogP contribution in [0.2, 0.25) is 0 Å². The Morgan fingerprint density at radius 2 is 1.64 bits per heavy atom. The van der Waals surface area contributed by atoms with Crippen LogP contribution in [0.5, 0.6) is 5.75 Å². The zero-order valence-corrected chi connectivity index (χ0v) is 13.2. The highest BCUT2D eigenvalue weighted by molar-refractivity contribution is 7.93. The van der Waals surface area contributed by atoms with Gasteiger partial charge in [0.25, 0.3) is 10.0 Å². The smallest absolute Gasteiger partial charge is 0.270 e. The van der Waals surface area contributed by atoms with Crippen molar-refractivity contribution in [2.45, 2.75) is 18.2 Å². The molecule has 22 heavy (non-hydrogen) atoms. The molecule has 0 spiro atoms. The fourth-order valence-corrected chi connectivity index (χ4v) is 3.48. The van der Waals surface area contributed by atoms with Gasteiger partial charge in [0.1, 0.15) is 5.75 Å². The third kappa shape index (κ3) is 3.12. The quantitative estimate of drug-likeness (QED) is 0.850. The van der Waals surface area contributed by atoms with Gasteiger partial charge in [-0.05, 0) is 36.4 Å². The Kier molecular flexibility index (Phi) is 4.82. The first-order chi connectivity index (χ1) is 10.5. The summed E-state index contributed by atoms with van der Waals surface area (Å²) in [6.45, 7) is 1.62. The van der Waals surface area contributed by atoms with Gasteiger partial charge in [-0.1, -0.05) is 25.1 Å². The molecule has 0 aliphatic heterocycles. The lowest BCUT2D eigenvalue weighted by Gasteiger charge is -2.22. The Morgan fingerprint density at radius 3 is 2.14 bits per heavy atom. The van der Waals surface area contributed by atoms with E-state index >= 15 is 0 Å². The van der Waals surface area contributed by atoms with Crippen molar-refractivity contribution in [1.82, 2.24) is 0 Å². The van der Waals surface area contributed by atoms with Gasteiger partial charge in [-0.15, -0.1) is 0 Å². The van der Waals surface area contributed by atoms with Crippen LogP contribution >= 0.6 is 0 Å². The standard InChI is InChI=1S/C16H17NO4S/c1-3-16(18)17(13-9-11-14(21-2)12-10-13)22(19,20)15-7-5-4-6-8-15/h4-12H,3H2,1-2H3. The van der Waals surface area contributed by atoms with Crippen LogP contribution in [0.1, 0.15) is 13.3 Å². The van der Waals surface area contributed by atoms with E-state index in [0.717, 1.165) is 4.31 Å². The van der Waals surface area contributed by atoms with Crippen molar-refractivity contribution in [3.63, 3.8) is 0 Å². The summed E-state index contributed by atoms with van der Waals surface area (Å²) >= 11 is 0. The Balaban J connectivity index is 2.53. The van der Waals surface area contributed by atoms with Gasteiger partial charge in [0, 0.05) is 6.42 Å². The average molecular weight is 319 g/mol. The highest BCUT2D eigenvalue weighted by atomic mass is 32.2. The molecule has 5 nitrogen and oxygen atoms in total. The van der Waals surface area contributed by atoms with E-state index in [0.29, 0.717) is 5.75 Å². The Morgan fingerprint density at radius 1 is 1.05 bits per heavy atom. The SMILES string of the molecule is CCC(=O)N(c1ccc(OC)cc1)S(=O)(=O)c1ccccc1. The minimum Gasteiger partial charge on any atom is -0.497 e. The predicted octanol–water partition coefficient (Wildman–Crippen LogP) is 2.83. The summed E-state index contributed by atoms with van der Waals surface area (Å²) in [7, 11) is -2.42. The summed E-state index contributed by atoms with van der Waals surface area (Å²) in [5, 5.41) is 0. The molecule has 2 aromatic rings. The van der Waals surface area contributed by atoms with Crippen molar-refractivity contribution >= 4 is 21.6 Å². The minimum absolute atomic E-state index is 0.0765. The maximum absolute atomic E-state index is 12.8. The van der Waals surface area contributed by atoms with E-state index in [1.807, 2.05) is 0 Å². The molecule has 0 aliphatic carbocycles. The van der Waals surface area contributed by atoms with Gasteiger partial charge >= 0.3 is 0 Å². The van der Waals surface area contributed by atoms with Crippen molar-refractivity contribution in [3.8, 4) is 5.75 Å². The topological polar surface area (TPSA) is 63.7 Å². The van der Waals surface area contributed by atoms with Crippen molar-refractivity contribution in [2.75, 3.05) is 11.4 Å². The Labute approximate surface area is 130 Å². The number of hydrogen-bond donors (Lipinski definition) is 0. The van der Waals surface area contributed by atoms with Crippen LogP contribution in [0, 0.1) is 0 Å².